The molecule has 0 radical (unpaired) electrons. The third-order valence-electron chi connectivity index (χ3n) is 2.46. The average molecular weight is 262 g/mol. The number of fused-ring (bicyclic) bond motifs is 1. The van der Waals surface area contributed by atoms with Gasteiger partial charge in [0.25, 0.3) is 0 Å². The molecule has 2 aromatic heterocycles. The second kappa shape index (κ2) is 3.31. The van der Waals surface area contributed by atoms with Crippen molar-refractivity contribution in [1.29, 1.82) is 0 Å². The van der Waals surface area contributed by atoms with E-state index in [0.717, 1.165) is 22.2 Å². The molecular weight excluding hydrogens is 254 g/mol. The second-order valence-electron chi connectivity index (χ2n) is 3.38. The summed E-state index contributed by atoms with van der Waals surface area (Å²) in [4.78, 5) is 4.00. The van der Waals surface area contributed by atoms with Crippen molar-refractivity contribution in [3.63, 3.8) is 0 Å². The van der Waals surface area contributed by atoms with Crippen LogP contribution in [0.5, 0.6) is 0 Å². The minimum atomic E-state index is 0.943. The zero-order valence-electron chi connectivity index (χ0n) is 7.89. The van der Waals surface area contributed by atoms with Crippen molar-refractivity contribution < 1.29 is 0 Å². The summed E-state index contributed by atoms with van der Waals surface area (Å²) in [6.07, 6.45) is 8.59. The Labute approximate surface area is 95.6 Å². The van der Waals surface area contributed by atoms with Crippen LogP contribution in [0.25, 0.3) is 17.5 Å². The summed E-state index contributed by atoms with van der Waals surface area (Å²) in [7, 11) is 0. The first-order valence-corrected chi connectivity index (χ1v) is 5.49. The summed E-state index contributed by atoms with van der Waals surface area (Å²) in [5, 5.41) is 4.52. The number of hydrogen-bond donors (Lipinski definition) is 0. The van der Waals surface area contributed by atoms with Gasteiger partial charge in [0.1, 0.15) is 5.69 Å². The molecule has 0 unspecified atom stereocenters. The largest absolute Gasteiger partial charge is 0.265 e. The number of hydrogen-bond acceptors (Lipinski definition) is 2. The van der Waals surface area contributed by atoms with Gasteiger partial charge in [-0.1, -0.05) is 6.08 Å². The molecule has 0 saturated heterocycles. The third kappa shape index (κ3) is 1.33. The molecule has 2 aromatic rings. The summed E-state index contributed by atoms with van der Waals surface area (Å²) in [5.41, 5.74) is 3.28. The molecule has 0 atom stereocenters. The molecule has 0 amide bonds. The number of halogens is 1. The van der Waals surface area contributed by atoms with Crippen LogP contribution in [0.15, 0.2) is 35.1 Å². The molecule has 0 N–H and O–H groups in total. The summed E-state index contributed by atoms with van der Waals surface area (Å²) in [6.45, 7) is 0. The fourth-order valence-electron chi connectivity index (χ4n) is 1.71. The maximum Gasteiger partial charge on any atom is 0.107 e. The molecule has 4 heteroatoms. The van der Waals surface area contributed by atoms with Gasteiger partial charge < -0.3 is 0 Å². The molecule has 0 saturated carbocycles. The highest BCUT2D eigenvalue weighted by Gasteiger charge is 2.17. The normalized spacial score (nSPS) is 13.1. The molecule has 0 spiro atoms. The van der Waals surface area contributed by atoms with Crippen LogP contribution >= 0.6 is 15.9 Å². The van der Waals surface area contributed by atoms with Crippen LogP contribution in [-0.2, 0) is 6.42 Å². The minimum Gasteiger partial charge on any atom is -0.265 e. The lowest BCUT2D eigenvalue weighted by Gasteiger charge is -1.96. The summed E-state index contributed by atoms with van der Waals surface area (Å²) >= 11 is 3.60. The fraction of sp³-hybridized carbons (Fsp3) is 0.0909. The van der Waals surface area contributed by atoms with Crippen LogP contribution in [0.3, 0.4) is 0 Å². The number of nitrogens with zero attached hydrogens (tertiary/aromatic N) is 3. The van der Waals surface area contributed by atoms with E-state index in [2.05, 4.69) is 32.1 Å². The first-order valence-electron chi connectivity index (χ1n) is 4.70. The standard InChI is InChI=1S/C11H8BrN3/c12-10-9-2-1-7-15(9)14-11(10)8-3-5-13-6-4-8/h1,3-7H,2H2. The molecule has 1 aliphatic heterocycles. The average Bonchev–Trinajstić information content (AvgIpc) is 2.83. The van der Waals surface area contributed by atoms with Crippen LogP contribution in [0, 0.1) is 0 Å². The Bertz CT molecular complexity index is 528. The van der Waals surface area contributed by atoms with Gasteiger partial charge in [-0.25, -0.2) is 4.68 Å². The number of aromatic nitrogens is 3. The van der Waals surface area contributed by atoms with Crippen LogP contribution in [0.4, 0.5) is 0 Å². The van der Waals surface area contributed by atoms with E-state index in [9.17, 15) is 0 Å². The van der Waals surface area contributed by atoms with E-state index in [1.165, 1.54) is 5.69 Å². The van der Waals surface area contributed by atoms with E-state index in [4.69, 9.17) is 0 Å². The lowest BCUT2D eigenvalue weighted by molar-refractivity contribution is 0.909. The predicted molar refractivity (Wildman–Crippen MR) is 62.2 cm³/mol. The number of rotatable bonds is 1. The molecule has 74 valence electrons. The summed E-state index contributed by atoms with van der Waals surface area (Å²) in [5.74, 6) is 0. The fourth-order valence-corrected chi connectivity index (χ4v) is 2.37. The third-order valence-corrected chi connectivity index (χ3v) is 3.29. The van der Waals surface area contributed by atoms with E-state index in [-0.39, 0.29) is 0 Å². The van der Waals surface area contributed by atoms with Crippen LogP contribution in [0.1, 0.15) is 5.69 Å². The zero-order chi connectivity index (χ0) is 10.3. The smallest absolute Gasteiger partial charge is 0.107 e. The van der Waals surface area contributed by atoms with Gasteiger partial charge in [0.05, 0.1) is 10.2 Å². The number of allylic oxidation sites excluding steroid dienone is 1. The highest BCUT2D eigenvalue weighted by atomic mass is 79.9. The molecule has 15 heavy (non-hydrogen) atoms. The highest BCUT2D eigenvalue weighted by Crippen LogP contribution is 2.32. The Morgan fingerprint density at radius 3 is 2.80 bits per heavy atom. The van der Waals surface area contributed by atoms with Crippen molar-refractivity contribution in [2.75, 3.05) is 0 Å². The highest BCUT2D eigenvalue weighted by molar-refractivity contribution is 9.10. The Kier molecular flexibility index (Phi) is 1.95. The van der Waals surface area contributed by atoms with Gasteiger partial charge in [-0.2, -0.15) is 5.10 Å². The second-order valence-corrected chi connectivity index (χ2v) is 4.17. The van der Waals surface area contributed by atoms with Crippen molar-refractivity contribution in [1.82, 2.24) is 14.8 Å². The quantitative estimate of drug-likeness (QED) is 0.791. The Hall–Kier alpha value is -1.42. The first kappa shape index (κ1) is 8.85. The number of pyridine rings is 1. The van der Waals surface area contributed by atoms with E-state index >= 15 is 0 Å². The Morgan fingerprint density at radius 1 is 1.27 bits per heavy atom. The van der Waals surface area contributed by atoms with Crippen LogP contribution in [-0.4, -0.2) is 14.8 Å². The molecule has 3 heterocycles. The van der Waals surface area contributed by atoms with Crippen LogP contribution < -0.4 is 0 Å². The van der Waals surface area contributed by atoms with Crippen molar-refractivity contribution in [3.05, 3.63) is 40.8 Å². The molecule has 0 aliphatic carbocycles. The molecule has 1 aliphatic rings. The molecule has 3 nitrogen and oxygen atoms in total. The topological polar surface area (TPSA) is 30.7 Å². The van der Waals surface area contributed by atoms with Gasteiger partial charge >= 0.3 is 0 Å². The van der Waals surface area contributed by atoms with E-state index in [1.54, 1.807) is 12.4 Å². The van der Waals surface area contributed by atoms with E-state index in [1.807, 2.05) is 23.0 Å². The lowest BCUT2D eigenvalue weighted by Crippen LogP contribution is -1.88. The Morgan fingerprint density at radius 2 is 2.07 bits per heavy atom. The van der Waals surface area contributed by atoms with Gasteiger partial charge in [-0.05, 0) is 28.1 Å². The van der Waals surface area contributed by atoms with Gasteiger partial charge in [0.15, 0.2) is 0 Å². The van der Waals surface area contributed by atoms with Crippen molar-refractivity contribution >= 4 is 22.1 Å². The van der Waals surface area contributed by atoms with Crippen LogP contribution in [0.2, 0.25) is 0 Å². The zero-order valence-corrected chi connectivity index (χ0v) is 9.48. The molecule has 0 aromatic carbocycles. The maximum atomic E-state index is 4.52. The summed E-state index contributed by atoms with van der Waals surface area (Å²) in [6, 6.07) is 3.93. The SMILES string of the molecule is Brc1c(-c2ccncc2)nn2c1CC=C2. The Balaban J connectivity index is 2.18. The monoisotopic (exact) mass is 261 g/mol. The van der Waals surface area contributed by atoms with Gasteiger partial charge in [-0.3, -0.25) is 4.98 Å². The molecule has 0 bridgehead atoms. The van der Waals surface area contributed by atoms with Crippen molar-refractivity contribution in [2.45, 2.75) is 6.42 Å². The maximum absolute atomic E-state index is 4.52. The molecule has 0 fully saturated rings. The van der Waals surface area contributed by atoms with Gasteiger partial charge in [0.2, 0.25) is 0 Å². The summed E-state index contributed by atoms with van der Waals surface area (Å²) < 4.78 is 3.00. The molecular formula is C11H8BrN3. The first-order chi connectivity index (χ1) is 7.36. The predicted octanol–water partition coefficient (Wildman–Crippen LogP) is 2.73. The van der Waals surface area contributed by atoms with Gasteiger partial charge in [-0.15, -0.1) is 0 Å². The molecule has 3 rings (SSSR count). The minimum absolute atomic E-state index is 0.943. The van der Waals surface area contributed by atoms with Gasteiger partial charge in [0, 0.05) is 30.6 Å². The lowest BCUT2D eigenvalue weighted by atomic mass is 10.2. The van der Waals surface area contributed by atoms with E-state index < -0.39 is 0 Å². The van der Waals surface area contributed by atoms with Crippen molar-refractivity contribution in [3.8, 4) is 11.3 Å². The van der Waals surface area contributed by atoms with Crippen molar-refractivity contribution in [2.24, 2.45) is 0 Å². The van der Waals surface area contributed by atoms with E-state index in [0.29, 0.717) is 0 Å².